The van der Waals surface area contributed by atoms with Crippen molar-refractivity contribution in [3.05, 3.63) is 96.1 Å². The van der Waals surface area contributed by atoms with Gasteiger partial charge in [-0.25, -0.2) is 0 Å². The number of carbonyl (C=O) groups is 3. The molecule has 3 N–H and O–H groups in total. The summed E-state index contributed by atoms with van der Waals surface area (Å²) in [7, 11) is 4.82. The molecule has 0 aliphatic heterocycles. The number of nitrogens with zero attached hydrogens (tertiary/aromatic N) is 2. The first-order chi connectivity index (χ1) is 18.5. The second-order valence-electron chi connectivity index (χ2n) is 10.7. The van der Waals surface area contributed by atoms with Crippen molar-refractivity contribution in [1.82, 2.24) is 15.1 Å². The van der Waals surface area contributed by atoms with Crippen LogP contribution < -0.4 is 11.1 Å². The normalized spacial score (nSPS) is 13.2. The molecule has 206 valence electrons. The molecule has 3 aromatic rings. The van der Waals surface area contributed by atoms with Crippen LogP contribution in [0.25, 0.3) is 10.8 Å². The molecule has 0 heterocycles. The van der Waals surface area contributed by atoms with Crippen molar-refractivity contribution in [2.45, 2.75) is 50.7 Å². The number of fused-ring (bicyclic) bond motifs is 1. The number of benzene rings is 3. The van der Waals surface area contributed by atoms with Crippen molar-refractivity contribution in [3.63, 3.8) is 0 Å². The van der Waals surface area contributed by atoms with E-state index < -0.39 is 17.6 Å². The molecule has 0 aromatic heterocycles. The molecule has 2 atom stereocenters. The van der Waals surface area contributed by atoms with Gasteiger partial charge in [-0.3, -0.25) is 14.4 Å². The predicted molar refractivity (Wildman–Crippen MR) is 157 cm³/mol. The fourth-order valence-electron chi connectivity index (χ4n) is 4.51. The summed E-state index contributed by atoms with van der Waals surface area (Å²) in [6.45, 7) is 3.77. The Labute approximate surface area is 231 Å². The van der Waals surface area contributed by atoms with E-state index in [2.05, 4.69) is 5.32 Å². The summed E-state index contributed by atoms with van der Waals surface area (Å²) in [6.07, 6.45) is 4.39. The molecule has 0 aliphatic carbocycles. The lowest BCUT2D eigenvalue weighted by atomic mass is 9.98. The van der Waals surface area contributed by atoms with Gasteiger partial charge in [0.05, 0.1) is 0 Å². The molecule has 0 radical (unpaired) electrons. The van der Waals surface area contributed by atoms with E-state index in [0.717, 1.165) is 21.9 Å². The smallest absolute Gasteiger partial charge is 0.246 e. The SMILES string of the molecule is CNC(=O)[C@@H](Cc1ccccc1)N(C)C(=O)[C@H](Cc1ccc2ccccc2c1)N(C)C(=O)/C=C/CC(C)(C)N. The van der Waals surface area contributed by atoms with Crippen LogP contribution in [0.5, 0.6) is 0 Å². The van der Waals surface area contributed by atoms with Crippen molar-refractivity contribution in [1.29, 1.82) is 0 Å². The number of nitrogens with two attached hydrogens (primary N) is 1. The Kier molecular flexibility index (Phi) is 10.0. The van der Waals surface area contributed by atoms with Crippen LogP contribution in [0.15, 0.2) is 84.9 Å². The van der Waals surface area contributed by atoms with Crippen LogP contribution >= 0.6 is 0 Å². The molecule has 3 aromatic carbocycles. The highest BCUT2D eigenvalue weighted by Crippen LogP contribution is 2.20. The monoisotopic (exact) mass is 528 g/mol. The number of hydrogen-bond donors (Lipinski definition) is 2. The van der Waals surface area contributed by atoms with Crippen molar-refractivity contribution in [2.24, 2.45) is 5.73 Å². The summed E-state index contributed by atoms with van der Waals surface area (Å²) < 4.78 is 0. The Bertz CT molecular complexity index is 1310. The van der Waals surface area contributed by atoms with E-state index in [1.165, 1.54) is 15.9 Å². The van der Waals surface area contributed by atoms with E-state index in [1.807, 2.05) is 86.6 Å². The number of hydrogen-bond acceptors (Lipinski definition) is 4. The minimum absolute atomic E-state index is 0.266. The minimum Gasteiger partial charge on any atom is -0.357 e. The third kappa shape index (κ3) is 8.26. The molecule has 0 saturated heterocycles. The topological polar surface area (TPSA) is 95.7 Å². The Balaban J connectivity index is 1.93. The number of rotatable bonds is 11. The first kappa shape index (κ1) is 29.6. The maximum absolute atomic E-state index is 14.1. The van der Waals surface area contributed by atoms with Crippen LogP contribution in [0, 0.1) is 0 Å². The maximum Gasteiger partial charge on any atom is 0.246 e. The number of likely N-dealkylation sites (N-methyl/N-ethyl adjacent to an activating group) is 3. The predicted octanol–water partition coefficient (Wildman–Crippen LogP) is 3.71. The Hall–Kier alpha value is -3.97. The molecule has 0 saturated carbocycles. The quantitative estimate of drug-likeness (QED) is 0.371. The molecule has 3 amide bonds. The molecule has 0 unspecified atom stereocenters. The van der Waals surface area contributed by atoms with Crippen molar-refractivity contribution in [2.75, 3.05) is 21.1 Å². The van der Waals surface area contributed by atoms with Gasteiger partial charge in [-0.15, -0.1) is 0 Å². The molecular formula is C32H40N4O3. The van der Waals surface area contributed by atoms with Gasteiger partial charge in [0.2, 0.25) is 17.7 Å². The van der Waals surface area contributed by atoms with E-state index in [-0.39, 0.29) is 17.7 Å². The maximum atomic E-state index is 14.1. The molecular weight excluding hydrogens is 488 g/mol. The fraction of sp³-hybridized carbons (Fsp3) is 0.344. The molecule has 0 bridgehead atoms. The van der Waals surface area contributed by atoms with Gasteiger partial charge in [-0.05, 0) is 48.2 Å². The molecule has 0 spiro atoms. The molecule has 7 heteroatoms. The van der Waals surface area contributed by atoms with Gasteiger partial charge >= 0.3 is 0 Å². The van der Waals surface area contributed by atoms with E-state index in [0.29, 0.717) is 19.3 Å². The number of nitrogens with one attached hydrogen (secondary N) is 1. The van der Waals surface area contributed by atoms with Crippen LogP contribution in [-0.2, 0) is 27.2 Å². The largest absolute Gasteiger partial charge is 0.357 e. The van der Waals surface area contributed by atoms with E-state index in [4.69, 9.17) is 5.73 Å². The summed E-state index contributed by atoms with van der Waals surface area (Å²) in [5, 5.41) is 4.84. The van der Waals surface area contributed by atoms with E-state index in [1.54, 1.807) is 27.2 Å². The first-order valence-corrected chi connectivity index (χ1v) is 13.2. The Morgan fingerprint density at radius 2 is 1.46 bits per heavy atom. The lowest BCUT2D eigenvalue weighted by Gasteiger charge is -2.34. The van der Waals surface area contributed by atoms with Gasteiger partial charge in [0.1, 0.15) is 12.1 Å². The van der Waals surface area contributed by atoms with Gasteiger partial charge in [-0.2, -0.15) is 0 Å². The molecule has 3 rings (SSSR count). The summed E-state index contributed by atoms with van der Waals surface area (Å²) in [5.74, 6) is -0.874. The summed E-state index contributed by atoms with van der Waals surface area (Å²) in [6, 6.07) is 22.1. The highest BCUT2D eigenvalue weighted by molar-refractivity contribution is 5.95. The molecule has 0 aliphatic rings. The van der Waals surface area contributed by atoms with Crippen LogP contribution in [-0.4, -0.2) is 66.3 Å². The van der Waals surface area contributed by atoms with Gasteiger partial charge in [0.25, 0.3) is 0 Å². The average Bonchev–Trinajstić information content (AvgIpc) is 2.92. The van der Waals surface area contributed by atoms with Crippen LogP contribution in [0.2, 0.25) is 0 Å². The zero-order valence-corrected chi connectivity index (χ0v) is 23.6. The lowest BCUT2D eigenvalue weighted by Crippen LogP contribution is -2.55. The second-order valence-corrected chi connectivity index (χ2v) is 10.7. The Morgan fingerprint density at radius 3 is 2.10 bits per heavy atom. The summed E-state index contributed by atoms with van der Waals surface area (Å²) in [4.78, 5) is 43.1. The highest BCUT2D eigenvalue weighted by Gasteiger charge is 2.34. The van der Waals surface area contributed by atoms with Crippen molar-refractivity contribution in [3.8, 4) is 0 Å². The summed E-state index contributed by atoms with van der Waals surface area (Å²) in [5.41, 5.74) is 7.47. The number of carbonyl (C=O) groups excluding carboxylic acids is 3. The van der Waals surface area contributed by atoms with Gasteiger partial charge in [-0.1, -0.05) is 78.9 Å². The van der Waals surface area contributed by atoms with E-state index in [9.17, 15) is 14.4 Å². The van der Waals surface area contributed by atoms with E-state index >= 15 is 0 Å². The molecule has 39 heavy (non-hydrogen) atoms. The van der Waals surface area contributed by atoms with Crippen molar-refractivity contribution >= 4 is 28.5 Å². The summed E-state index contributed by atoms with van der Waals surface area (Å²) >= 11 is 0. The number of amides is 3. The Morgan fingerprint density at radius 1 is 0.846 bits per heavy atom. The zero-order valence-electron chi connectivity index (χ0n) is 23.6. The first-order valence-electron chi connectivity index (χ1n) is 13.2. The zero-order chi connectivity index (χ0) is 28.6. The average molecular weight is 529 g/mol. The van der Waals surface area contributed by atoms with Gasteiger partial charge in [0, 0.05) is 39.5 Å². The van der Waals surface area contributed by atoms with Gasteiger partial charge < -0.3 is 20.9 Å². The standard InChI is InChI=1S/C32H40N4O3/c1-32(2,33)19-11-16-29(37)35(4)28(22-24-17-18-25-14-9-10-15-26(25)20-24)31(39)36(5)27(30(38)34-3)21-23-12-7-6-8-13-23/h6-18,20,27-28H,19,21-22,33H2,1-5H3,(H,34,38)/b16-11+/t27-,28+/m1/s1. The highest BCUT2D eigenvalue weighted by atomic mass is 16.2. The lowest BCUT2D eigenvalue weighted by molar-refractivity contribution is -0.146. The third-order valence-corrected chi connectivity index (χ3v) is 6.88. The van der Waals surface area contributed by atoms with Crippen LogP contribution in [0.4, 0.5) is 0 Å². The van der Waals surface area contributed by atoms with Crippen molar-refractivity contribution < 1.29 is 14.4 Å². The van der Waals surface area contributed by atoms with Crippen LogP contribution in [0.1, 0.15) is 31.4 Å². The molecule has 7 nitrogen and oxygen atoms in total. The fourth-order valence-corrected chi connectivity index (χ4v) is 4.51. The van der Waals surface area contributed by atoms with Gasteiger partial charge in [0.15, 0.2) is 0 Å². The molecule has 0 fully saturated rings. The minimum atomic E-state index is -0.817. The third-order valence-electron chi connectivity index (χ3n) is 6.88. The van der Waals surface area contributed by atoms with Crippen LogP contribution in [0.3, 0.4) is 0 Å². The second kappa shape index (κ2) is 13.2.